The Morgan fingerprint density at radius 2 is 1.92 bits per heavy atom. The van der Waals surface area contributed by atoms with E-state index in [4.69, 9.17) is 0 Å². The average molecular weight is 356 g/mol. The van der Waals surface area contributed by atoms with Gasteiger partial charge in [-0.05, 0) is 56.8 Å². The number of piperidine rings is 1. The molecule has 2 bridgehead atoms. The topological polar surface area (TPSA) is 56.8 Å². The summed E-state index contributed by atoms with van der Waals surface area (Å²) in [6.45, 7) is 5.32. The van der Waals surface area contributed by atoms with Gasteiger partial charge in [0.15, 0.2) is 0 Å². The summed E-state index contributed by atoms with van der Waals surface area (Å²) in [6.07, 6.45) is 6.89. The Labute approximate surface area is 155 Å². The van der Waals surface area contributed by atoms with Crippen molar-refractivity contribution >= 4 is 11.8 Å². The molecule has 4 saturated heterocycles. The van der Waals surface area contributed by atoms with E-state index in [1.165, 1.54) is 12.8 Å². The normalized spacial score (nSPS) is 26.2. The molecule has 0 radical (unpaired) electrons. The monoisotopic (exact) mass is 356 g/mol. The smallest absolute Gasteiger partial charge is 0.272 e. The van der Waals surface area contributed by atoms with Crippen LogP contribution in [0.25, 0.3) is 0 Å². The van der Waals surface area contributed by atoms with Crippen molar-refractivity contribution in [2.45, 2.75) is 38.1 Å². The maximum absolute atomic E-state index is 12.8. The lowest BCUT2D eigenvalue weighted by Gasteiger charge is -2.36. The number of fused-ring (bicyclic) bond motifs is 4. The molecule has 0 unspecified atom stereocenters. The summed E-state index contributed by atoms with van der Waals surface area (Å²) in [4.78, 5) is 36.2. The zero-order valence-electron chi connectivity index (χ0n) is 15.3. The van der Waals surface area contributed by atoms with Gasteiger partial charge < -0.3 is 14.7 Å². The van der Waals surface area contributed by atoms with Crippen molar-refractivity contribution in [1.29, 1.82) is 0 Å². The third-order valence-corrected chi connectivity index (χ3v) is 6.05. The van der Waals surface area contributed by atoms with Crippen LogP contribution in [0.5, 0.6) is 0 Å². The number of nitrogens with zero attached hydrogens (tertiary/aromatic N) is 4. The van der Waals surface area contributed by atoms with E-state index >= 15 is 0 Å². The number of likely N-dealkylation sites (tertiary alicyclic amines) is 1. The highest BCUT2D eigenvalue weighted by molar-refractivity contribution is 5.92. The van der Waals surface area contributed by atoms with E-state index in [0.29, 0.717) is 24.6 Å². The third-order valence-electron chi connectivity index (χ3n) is 6.05. The molecular weight excluding hydrogens is 328 g/mol. The summed E-state index contributed by atoms with van der Waals surface area (Å²) < 4.78 is 0. The van der Waals surface area contributed by atoms with E-state index in [2.05, 4.69) is 14.8 Å². The zero-order valence-corrected chi connectivity index (χ0v) is 15.3. The Balaban J connectivity index is 1.39. The minimum Gasteiger partial charge on any atom is -0.338 e. The molecular formula is C20H28N4O2. The van der Waals surface area contributed by atoms with Gasteiger partial charge in [-0.25, -0.2) is 0 Å². The van der Waals surface area contributed by atoms with Crippen LogP contribution in [-0.4, -0.2) is 76.8 Å². The van der Waals surface area contributed by atoms with Crippen LogP contribution < -0.4 is 0 Å². The quantitative estimate of drug-likeness (QED) is 0.823. The van der Waals surface area contributed by atoms with Crippen molar-refractivity contribution < 1.29 is 9.59 Å². The molecule has 1 aromatic rings. The van der Waals surface area contributed by atoms with Crippen molar-refractivity contribution in [2.75, 3.05) is 39.3 Å². The number of hydrogen-bond acceptors (Lipinski definition) is 4. The van der Waals surface area contributed by atoms with Crippen LogP contribution in [-0.2, 0) is 4.79 Å². The van der Waals surface area contributed by atoms with Crippen molar-refractivity contribution in [2.24, 2.45) is 5.92 Å². The van der Waals surface area contributed by atoms with E-state index in [1.54, 1.807) is 12.3 Å². The molecule has 140 valence electrons. The van der Waals surface area contributed by atoms with E-state index in [9.17, 15) is 9.59 Å². The fraction of sp³-hybridized carbons (Fsp3) is 0.650. The number of carbonyl (C=O) groups excluding carboxylic acids is 2. The summed E-state index contributed by atoms with van der Waals surface area (Å²) in [5, 5.41) is 0. The largest absolute Gasteiger partial charge is 0.338 e. The Kier molecular flexibility index (Phi) is 5.20. The van der Waals surface area contributed by atoms with Gasteiger partial charge in [0.25, 0.3) is 5.91 Å². The molecule has 0 aliphatic carbocycles. The second kappa shape index (κ2) is 7.74. The molecule has 6 heteroatoms. The summed E-state index contributed by atoms with van der Waals surface area (Å²) in [5.41, 5.74) is 0.501. The number of pyridine rings is 1. The highest BCUT2D eigenvalue weighted by Gasteiger charge is 2.38. The number of amides is 2. The number of carbonyl (C=O) groups is 2. The van der Waals surface area contributed by atoms with E-state index < -0.39 is 0 Å². The van der Waals surface area contributed by atoms with Crippen LogP contribution in [0.1, 0.15) is 42.6 Å². The van der Waals surface area contributed by atoms with Crippen molar-refractivity contribution in [3.63, 3.8) is 0 Å². The number of rotatable bonds is 4. The van der Waals surface area contributed by atoms with Gasteiger partial charge in [0.2, 0.25) is 5.91 Å². The van der Waals surface area contributed by atoms with E-state index in [1.807, 2.05) is 17.0 Å². The molecule has 5 rings (SSSR count). The standard InChI is InChI=1S/C20H28N4O2/c25-19(8-12-22-10-3-4-11-22)24-14-16-6-7-17(24)15-23(13-16)20(26)18-5-1-2-9-21-18/h1-2,5,9,16-17H,3-4,6-8,10-15H2/t16-,17+/m0/s1. The summed E-state index contributed by atoms with van der Waals surface area (Å²) in [6, 6.07) is 5.60. The molecule has 0 saturated carbocycles. The molecule has 26 heavy (non-hydrogen) atoms. The van der Waals surface area contributed by atoms with Gasteiger partial charge >= 0.3 is 0 Å². The Hall–Kier alpha value is -1.95. The van der Waals surface area contributed by atoms with Crippen LogP contribution in [0.4, 0.5) is 0 Å². The van der Waals surface area contributed by atoms with Crippen LogP contribution in [0.2, 0.25) is 0 Å². The lowest BCUT2D eigenvalue weighted by Crippen LogP contribution is -2.48. The van der Waals surface area contributed by atoms with Gasteiger partial charge in [0.1, 0.15) is 5.69 Å². The summed E-state index contributed by atoms with van der Waals surface area (Å²) >= 11 is 0. The second-order valence-electron chi connectivity index (χ2n) is 7.87. The first-order valence-electron chi connectivity index (χ1n) is 9.93. The number of hydrogen-bond donors (Lipinski definition) is 0. The fourth-order valence-electron chi connectivity index (χ4n) is 4.61. The Morgan fingerprint density at radius 1 is 1.08 bits per heavy atom. The van der Waals surface area contributed by atoms with Gasteiger partial charge in [-0.15, -0.1) is 0 Å². The lowest BCUT2D eigenvalue weighted by molar-refractivity contribution is -0.135. The second-order valence-corrected chi connectivity index (χ2v) is 7.87. The summed E-state index contributed by atoms with van der Waals surface area (Å²) in [5.74, 6) is 0.643. The predicted octanol–water partition coefficient (Wildman–Crippen LogP) is 1.63. The van der Waals surface area contributed by atoms with Crippen LogP contribution in [0.15, 0.2) is 24.4 Å². The highest BCUT2D eigenvalue weighted by atomic mass is 16.2. The van der Waals surface area contributed by atoms with Crippen LogP contribution in [0.3, 0.4) is 0 Å². The third kappa shape index (κ3) is 3.75. The molecule has 0 aromatic carbocycles. The molecule has 0 N–H and O–H groups in total. The van der Waals surface area contributed by atoms with Gasteiger partial charge in [-0.3, -0.25) is 14.6 Å². The Bertz CT molecular complexity index is 644. The maximum atomic E-state index is 12.8. The fourth-order valence-corrected chi connectivity index (χ4v) is 4.61. The van der Waals surface area contributed by atoms with Gasteiger partial charge in [0, 0.05) is 44.8 Å². The number of aromatic nitrogens is 1. The molecule has 4 aliphatic rings. The average Bonchev–Trinajstić information content (AvgIpc) is 3.04. The SMILES string of the molecule is O=C(c1ccccn1)N1C[C@@H]2CC[C@H](C1)N(C(=O)CCN1CCCC1)C2. The highest BCUT2D eigenvalue weighted by Crippen LogP contribution is 2.29. The molecule has 4 fully saturated rings. The maximum Gasteiger partial charge on any atom is 0.272 e. The van der Waals surface area contributed by atoms with Gasteiger partial charge in [0.05, 0.1) is 0 Å². The first-order valence-corrected chi connectivity index (χ1v) is 9.93. The van der Waals surface area contributed by atoms with Gasteiger partial charge in [-0.2, -0.15) is 0 Å². The van der Waals surface area contributed by atoms with Crippen molar-refractivity contribution in [3.8, 4) is 0 Å². The first kappa shape index (κ1) is 17.5. The first-order chi connectivity index (χ1) is 12.7. The molecule has 1 aromatic heterocycles. The lowest BCUT2D eigenvalue weighted by atomic mass is 9.94. The molecule has 2 amide bonds. The summed E-state index contributed by atoms with van der Waals surface area (Å²) in [7, 11) is 0. The molecule has 4 aliphatic heterocycles. The van der Waals surface area contributed by atoms with Crippen LogP contribution >= 0.6 is 0 Å². The molecule has 2 atom stereocenters. The predicted molar refractivity (Wildman–Crippen MR) is 98.7 cm³/mol. The van der Waals surface area contributed by atoms with Crippen LogP contribution in [0, 0.1) is 5.92 Å². The zero-order chi connectivity index (χ0) is 17.9. The minimum absolute atomic E-state index is 0.00568. The van der Waals surface area contributed by atoms with E-state index in [-0.39, 0.29) is 17.9 Å². The van der Waals surface area contributed by atoms with E-state index in [0.717, 1.165) is 45.6 Å². The minimum atomic E-state index is -0.00568. The molecule has 0 spiro atoms. The molecule has 6 nitrogen and oxygen atoms in total. The van der Waals surface area contributed by atoms with Crippen molar-refractivity contribution in [1.82, 2.24) is 19.7 Å². The molecule has 5 heterocycles. The van der Waals surface area contributed by atoms with Gasteiger partial charge in [-0.1, -0.05) is 6.07 Å². The Morgan fingerprint density at radius 3 is 2.69 bits per heavy atom. The van der Waals surface area contributed by atoms with Crippen molar-refractivity contribution in [3.05, 3.63) is 30.1 Å².